The Labute approximate surface area is 188 Å². The Morgan fingerprint density at radius 3 is 2.53 bits per heavy atom. The van der Waals surface area contributed by atoms with E-state index in [-0.39, 0.29) is 36.0 Å². The van der Waals surface area contributed by atoms with Gasteiger partial charge in [-0.3, -0.25) is 0 Å². The molecule has 2 N–H and O–H groups in total. The van der Waals surface area contributed by atoms with Crippen LogP contribution in [0.5, 0.6) is 11.5 Å². The highest BCUT2D eigenvalue weighted by molar-refractivity contribution is 7.89. The molecule has 0 atom stereocenters. The number of nitrogens with one attached hydrogen (secondary N) is 2. The standard InChI is InChI=1S/C21H22ClF3N2O4S/c1-4-30-19-9-12(2)17(22)11-20(19)32(28,29)26-8-7-15-13(3)27-18-6-5-14(10-16(15)18)31-21(23,24)25/h5-6,9-11,26-27H,4,7-8H2,1-3H3. The molecule has 0 unspecified atom stereocenters. The molecule has 3 rings (SSSR count). The highest BCUT2D eigenvalue weighted by Crippen LogP contribution is 2.32. The molecule has 0 bridgehead atoms. The van der Waals surface area contributed by atoms with E-state index in [1.54, 1.807) is 26.8 Å². The van der Waals surface area contributed by atoms with Crippen LogP contribution in [0.4, 0.5) is 13.2 Å². The first-order valence-corrected chi connectivity index (χ1v) is 11.6. The van der Waals surface area contributed by atoms with Gasteiger partial charge in [0.15, 0.2) is 0 Å². The van der Waals surface area contributed by atoms with Crippen LogP contribution in [0.3, 0.4) is 0 Å². The molecule has 1 aromatic heterocycles. The van der Waals surface area contributed by atoms with Gasteiger partial charge < -0.3 is 14.5 Å². The summed E-state index contributed by atoms with van der Waals surface area (Å²) in [6.07, 6.45) is -4.56. The van der Waals surface area contributed by atoms with E-state index in [0.29, 0.717) is 27.1 Å². The molecule has 0 amide bonds. The van der Waals surface area contributed by atoms with Gasteiger partial charge in [0.25, 0.3) is 0 Å². The number of rotatable bonds is 8. The zero-order valence-electron chi connectivity index (χ0n) is 17.6. The van der Waals surface area contributed by atoms with Crippen LogP contribution in [0.25, 0.3) is 10.9 Å². The third kappa shape index (κ3) is 5.48. The maximum absolute atomic E-state index is 12.9. The molecule has 0 fully saturated rings. The number of hydrogen-bond donors (Lipinski definition) is 2. The Morgan fingerprint density at radius 2 is 1.88 bits per heavy atom. The number of aromatic amines is 1. The fourth-order valence-electron chi connectivity index (χ4n) is 3.38. The molecule has 0 aliphatic heterocycles. The molecule has 0 radical (unpaired) electrons. The van der Waals surface area contributed by atoms with Crippen molar-refractivity contribution in [1.29, 1.82) is 0 Å². The van der Waals surface area contributed by atoms with Crippen molar-refractivity contribution in [1.82, 2.24) is 9.71 Å². The molecule has 1 heterocycles. The van der Waals surface area contributed by atoms with E-state index >= 15 is 0 Å². The van der Waals surface area contributed by atoms with Gasteiger partial charge in [-0.2, -0.15) is 0 Å². The van der Waals surface area contributed by atoms with Crippen LogP contribution >= 0.6 is 11.6 Å². The van der Waals surface area contributed by atoms with E-state index in [4.69, 9.17) is 16.3 Å². The average Bonchev–Trinajstić information content (AvgIpc) is 2.98. The maximum Gasteiger partial charge on any atom is 0.573 e. The van der Waals surface area contributed by atoms with Crippen molar-refractivity contribution >= 4 is 32.5 Å². The average molecular weight is 491 g/mol. The second-order valence-electron chi connectivity index (χ2n) is 7.11. The molecule has 0 saturated heterocycles. The smallest absolute Gasteiger partial charge is 0.492 e. The molecule has 3 aromatic rings. The van der Waals surface area contributed by atoms with E-state index in [0.717, 1.165) is 5.69 Å². The maximum atomic E-state index is 12.9. The van der Waals surface area contributed by atoms with E-state index in [1.807, 2.05) is 0 Å². The predicted molar refractivity (Wildman–Crippen MR) is 116 cm³/mol. The lowest BCUT2D eigenvalue weighted by molar-refractivity contribution is -0.274. The van der Waals surface area contributed by atoms with Gasteiger partial charge in [0.1, 0.15) is 16.4 Å². The molecule has 0 aliphatic rings. The number of benzene rings is 2. The molecule has 174 valence electrons. The van der Waals surface area contributed by atoms with Gasteiger partial charge in [-0.1, -0.05) is 11.6 Å². The lowest BCUT2D eigenvalue weighted by atomic mass is 10.1. The molecule has 32 heavy (non-hydrogen) atoms. The first-order valence-electron chi connectivity index (χ1n) is 9.71. The zero-order chi connectivity index (χ0) is 23.7. The quantitative estimate of drug-likeness (QED) is 0.451. The Hall–Kier alpha value is -2.43. The van der Waals surface area contributed by atoms with Crippen LogP contribution in [0.15, 0.2) is 35.2 Å². The van der Waals surface area contributed by atoms with Crippen LogP contribution in [-0.2, 0) is 16.4 Å². The fourth-order valence-corrected chi connectivity index (χ4v) is 4.79. The summed E-state index contributed by atoms with van der Waals surface area (Å²) in [5.41, 5.74) is 2.71. The summed E-state index contributed by atoms with van der Waals surface area (Å²) in [5, 5.41) is 0.815. The molecule has 11 heteroatoms. The van der Waals surface area contributed by atoms with Crippen LogP contribution in [0, 0.1) is 13.8 Å². The number of aryl methyl sites for hydroxylation is 2. The van der Waals surface area contributed by atoms with Gasteiger partial charge in [0.05, 0.1) is 6.61 Å². The van der Waals surface area contributed by atoms with Crippen molar-refractivity contribution in [3.05, 3.63) is 52.2 Å². The number of hydrogen-bond acceptors (Lipinski definition) is 4. The normalized spacial score (nSPS) is 12.3. The van der Waals surface area contributed by atoms with Crippen molar-refractivity contribution < 1.29 is 31.1 Å². The third-order valence-electron chi connectivity index (χ3n) is 4.81. The second kappa shape index (κ2) is 9.21. The van der Waals surface area contributed by atoms with Crippen LogP contribution < -0.4 is 14.2 Å². The first-order chi connectivity index (χ1) is 14.9. The van der Waals surface area contributed by atoms with E-state index in [9.17, 15) is 21.6 Å². The summed E-state index contributed by atoms with van der Waals surface area (Å²) in [6, 6.07) is 6.88. The summed E-state index contributed by atoms with van der Waals surface area (Å²) in [4.78, 5) is 3.01. The van der Waals surface area contributed by atoms with Gasteiger partial charge >= 0.3 is 6.36 Å². The minimum absolute atomic E-state index is 0.0115. The summed E-state index contributed by atoms with van der Waals surface area (Å²) in [6.45, 7) is 5.54. The van der Waals surface area contributed by atoms with Gasteiger partial charge in [-0.15, -0.1) is 13.2 Å². The van der Waals surface area contributed by atoms with Crippen molar-refractivity contribution in [3.8, 4) is 11.5 Å². The van der Waals surface area contributed by atoms with E-state index in [2.05, 4.69) is 14.4 Å². The number of alkyl halides is 3. The molecular formula is C21H22ClF3N2O4S. The Bertz CT molecular complexity index is 1240. The fraction of sp³-hybridized carbons (Fsp3) is 0.333. The number of sulfonamides is 1. The molecule has 0 saturated carbocycles. The summed E-state index contributed by atoms with van der Waals surface area (Å²) in [7, 11) is -3.95. The lowest BCUT2D eigenvalue weighted by Gasteiger charge is -2.14. The summed E-state index contributed by atoms with van der Waals surface area (Å²) < 4.78 is 75.4. The first kappa shape index (κ1) is 24.2. The number of halogens is 4. The highest BCUT2D eigenvalue weighted by Gasteiger charge is 2.31. The van der Waals surface area contributed by atoms with Crippen molar-refractivity contribution in [2.24, 2.45) is 0 Å². The second-order valence-corrected chi connectivity index (χ2v) is 9.26. The lowest BCUT2D eigenvalue weighted by Crippen LogP contribution is -2.26. The Morgan fingerprint density at radius 1 is 1.16 bits per heavy atom. The third-order valence-corrected chi connectivity index (χ3v) is 6.70. The molecule has 6 nitrogen and oxygen atoms in total. The molecular weight excluding hydrogens is 469 g/mol. The number of aromatic nitrogens is 1. The molecule has 2 aromatic carbocycles. The monoisotopic (exact) mass is 490 g/mol. The zero-order valence-corrected chi connectivity index (χ0v) is 19.1. The summed E-state index contributed by atoms with van der Waals surface area (Å²) in [5.74, 6) is -0.152. The van der Waals surface area contributed by atoms with Crippen LogP contribution in [0.1, 0.15) is 23.7 Å². The topological polar surface area (TPSA) is 80.4 Å². The van der Waals surface area contributed by atoms with Gasteiger partial charge in [-0.05, 0) is 68.7 Å². The van der Waals surface area contributed by atoms with E-state index in [1.165, 1.54) is 24.3 Å². The number of H-pyrrole nitrogens is 1. The Kier molecular flexibility index (Phi) is 6.97. The van der Waals surface area contributed by atoms with E-state index < -0.39 is 16.4 Å². The summed E-state index contributed by atoms with van der Waals surface area (Å²) >= 11 is 6.11. The van der Waals surface area contributed by atoms with Gasteiger partial charge in [0, 0.05) is 28.2 Å². The highest BCUT2D eigenvalue weighted by atomic mass is 35.5. The minimum Gasteiger partial charge on any atom is -0.492 e. The van der Waals surface area contributed by atoms with Crippen LogP contribution in [0.2, 0.25) is 5.02 Å². The molecule has 0 aliphatic carbocycles. The largest absolute Gasteiger partial charge is 0.573 e. The van der Waals surface area contributed by atoms with Crippen LogP contribution in [-0.4, -0.2) is 32.9 Å². The molecule has 0 spiro atoms. The Balaban J connectivity index is 1.82. The van der Waals surface area contributed by atoms with Gasteiger partial charge in [-0.25, -0.2) is 13.1 Å². The number of fused-ring (bicyclic) bond motifs is 1. The predicted octanol–water partition coefficient (Wildman–Crippen LogP) is 5.26. The SMILES string of the molecule is CCOc1cc(C)c(Cl)cc1S(=O)(=O)NCCc1c(C)[nH]c2ccc(OC(F)(F)F)cc12. The van der Waals surface area contributed by atoms with Crippen molar-refractivity contribution in [2.75, 3.05) is 13.2 Å². The minimum atomic E-state index is -4.80. The van der Waals surface area contributed by atoms with Crippen molar-refractivity contribution in [3.63, 3.8) is 0 Å². The van der Waals surface area contributed by atoms with Crippen molar-refractivity contribution in [2.45, 2.75) is 38.4 Å². The van der Waals surface area contributed by atoms with Gasteiger partial charge in [0.2, 0.25) is 10.0 Å². The number of ether oxygens (including phenoxy) is 2.